The normalized spacial score (nSPS) is 12.6. The van der Waals surface area contributed by atoms with Gasteiger partial charge in [0.05, 0.1) is 6.61 Å². The van der Waals surface area contributed by atoms with Crippen LogP contribution in [0.15, 0.2) is 0 Å². The number of hydrogen-bond donors (Lipinski definition) is 1. The first-order valence-corrected chi connectivity index (χ1v) is 4.13. The van der Waals surface area contributed by atoms with Crippen molar-refractivity contribution in [2.75, 3.05) is 20.3 Å². The lowest BCUT2D eigenvalue weighted by molar-refractivity contribution is -0.145. The van der Waals surface area contributed by atoms with Gasteiger partial charge in [-0.1, -0.05) is 6.92 Å². The third-order valence-electron chi connectivity index (χ3n) is 1.38. The predicted molar refractivity (Wildman–Crippen MR) is 45.7 cm³/mol. The summed E-state index contributed by atoms with van der Waals surface area (Å²) in [5.41, 5.74) is 5.49. The molecule has 12 heavy (non-hydrogen) atoms. The largest absolute Gasteiger partial charge is 0.465 e. The topological polar surface area (TPSA) is 61.5 Å². The summed E-state index contributed by atoms with van der Waals surface area (Å²) in [6.45, 7) is 2.87. The number of ether oxygens (including phenoxy) is 2. The van der Waals surface area contributed by atoms with Crippen molar-refractivity contribution in [3.05, 3.63) is 0 Å². The van der Waals surface area contributed by atoms with Gasteiger partial charge in [-0.3, -0.25) is 4.79 Å². The first kappa shape index (κ1) is 11.4. The third-order valence-corrected chi connectivity index (χ3v) is 1.38. The van der Waals surface area contributed by atoms with E-state index >= 15 is 0 Å². The van der Waals surface area contributed by atoms with Crippen molar-refractivity contribution >= 4 is 5.97 Å². The number of methoxy groups -OCH3 is 1. The van der Waals surface area contributed by atoms with E-state index in [-0.39, 0.29) is 5.97 Å². The Morgan fingerprint density at radius 1 is 1.50 bits per heavy atom. The van der Waals surface area contributed by atoms with Gasteiger partial charge in [0.25, 0.3) is 0 Å². The molecule has 0 fully saturated rings. The molecule has 0 saturated heterocycles. The first-order chi connectivity index (χ1) is 5.72. The Labute approximate surface area is 73.0 Å². The minimum Gasteiger partial charge on any atom is -0.465 e. The molecule has 0 rings (SSSR count). The van der Waals surface area contributed by atoms with Crippen molar-refractivity contribution in [2.24, 2.45) is 5.73 Å². The second kappa shape index (κ2) is 7.06. The van der Waals surface area contributed by atoms with E-state index in [9.17, 15) is 4.79 Å². The predicted octanol–water partition coefficient (Wildman–Crippen LogP) is 0.303. The Kier molecular flexibility index (Phi) is 6.70. The van der Waals surface area contributed by atoms with Crippen molar-refractivity contribution in [3.63, 3.8) is 0 Å². The molecule has 4 heteroatoms. The maximum Gasteiger partial charge on any atom is 0.322 e. The summed E-state index contributed by atoms with van der Waals surface area (Å²) in [4.78, 5) is 11.0. The minimum atomic E-state index is -0.545. The van der Waals surface area contributed by atoms with Crippen LogP contribution in [0.5, 0.6) is 0 Å². The van der Waals surface area contributed by atoms with E-state index < -0.39 is 6.04 Å². The molecule has 0 aromatic heterocycles. The van der Waals surface area contributed by atoms with Crippen LogP contribution in [-0.2, 0) is 14.3 Å². The molecule has 0 aliphatic rings. The van der Waals surface area contributed by atoms with Gasteiger partial charge in [-0.2, -0.15) is 0 Å². The molecule has 0 bridgehead atoms. The second-order valence-electron chi connectivity index (χ2n) is 2.56. The van der Waals surface area contributed by atoms with Crippen LogP contribution in [0.3, 0.4) is 0 Å². The van der Waals surface area contributed by atoms with E-state index in [1.807, 2.05) is 6.92 Å². The molecule has 0 spiro atoms. The van der Waals surface area contributed by atoms with E-state index in [2.05, 4.69) is 0 Å². The molecule has 0 aliphatic heterocycles. The summed E-state index contributed by atoms with van der Waals surface area (Å²) >= 11 is 0. The minimum absolute atomic E-state index is 0.339. The highest BCUT2D eigenvalue weighted by atomic mass is 16.5. The van der Waals surface area contributed by atoms with Crippen LogP contribution in [0.25, 0.3) is 0 Å². The molecule has 0 aromatic rings. The van der Waals surface area contributed by atoms with Crippen LogP contribution in [0.2, 0.25) is 0 Å². The summed E-state index contributed by atoms with van der Waals surface area (Å²) in [7, 11) is 1.57. The van der Waals surface area contributed by atoms with Crippen LogP contribution >= 0.6 is 0 Å². The van der Waals surface area contributed by atoms with Crippen molar-refractivity contribution < 1.29 is 14.3 Å². The lowest BCUT2D eigenvalue weighted by atomic mass is 10.2. The Hall–Kier alpha value is -0.610. The standard InChI is InChI=1S/C8H17NO3/c1-3-5-12-8(10)7(9)4-6-11-2/h7H,3-6,9H2,1-2H3. The van der Waals surface area contributed by atoms with E-state index in [4.69, 9.17) is 15.2 Å². The average Bonchev–Trinajstić information content (AvgIpc) is 2.10. The average molecular weight is 175 g/mol. The monoisotopic (exact) mass is 175 g/mol. The highest BCUT2D eigenvalue weighted by molar-refractivity contribution is 5.75. The fourth-order valence-corrected chi connectivity index (χ4v) is 0.672. The summed E-state index contributed by atoms with van der Waals surface area (Å²) in [6.07, 6.45) is 1.34. The number of carbonyl (C=O) groups is 1. The number of esters is 1. The smallest absolute Gasteiger partial charge is 0.322 e. The summed E-state index contributed by atoms with van der Waals surface area (Å²) in [5, 5.41) is 0. The lowest BCUT2D eigenvalue weighted by Gasteiger charge is -2.09. The molecule has 0 heterocycles. The maximum atomic E-state index is 11.0. The SMILES string of the molecule is CCCOC(=O)C(N)CCOC. The quantitative estimate of drug-likeness (QED) is 0.590. The van der Waals surface area contributed by atoms with E-state index in [0.29, 0.717) is 19.6 Å². The van der Waals surface area contributed by atoms with Crippen molar-refractivity contribution in [2.45, 2.75) is 25.8 Å². The van der Waals surface area contributed by atoms with Crippen LogP contribution in [-0.4, -0.2) is 32.3 Å². The zero-order chi connectivity index (χ0) is 9.40. The Balaban J connectivity index is 3.47. The van der Waals surface area contributed by atoms with E-state index in [0.717, 1.165) is 6.42 Å². The summed E-state index contributed by atoms with van der Waals surface area (Å²) in [5.74, 6) is -0.339. The third kappa shape index (κ3) is 5.09. The van der Waals surface area contributed by atoms with Crippen molar-refractivity contribution in [1.29, 1.82) is 0 Å². The van der Waals surface area contributed by atoms with Crippen molar-refractivity contribution in [3.8, 4) is 0 Å². The molecular formula is C8H17NO3. The Bertz CT molecular complexity index is 127. The number of carbonyl (C=O) groups excluding carboxylic acids is 1. The maximum absolute atomic E-state index is 11.0. The van der Waals surface area contributed by atoms with Gasteiger partial charge in [0.2, 0.25) is 0 Å². The first-order valence-electron chi connectivity index (χ1n) is 4.13. The number of hydrogen-bond acceptors (Lipinski definition) is 4. The Morgan fingerprint density at radius 2 is 2.17 bits per heavy atom. The number of nitrogens with two attached hydrogens (primary N) is 1. The van der Waals surface area contributed by atoms with Crippen LogP contribution in [0.1, 0.15) is 19.8 Å². The number of rotatable bonds is 6. The van der Waals surface area contributed by atoms with Gasteiger partial charge in [0.15, 0.2) is 0 Å². The molecular weight excluding hydrogens is 158 g/mol. The van der Waals surface area contributed by atoms with Gasteiger partial charge < -0.3 is 15.2 Å². The van der Waals surface area contributed by atoms with E-state index in [1.54, 1.807) is 7.11 Å². The second-order valence-corrected chi connectivity index (χ2v) is 2.56. The summed E-state index contributed by atoms with van der Waals surface area (Å²) in [6, 6.07) is -0.545. The van der Waals surface area contributed by atoms with Gasteiger partial charge >= 0.3 is 5.97 Å². The van der Waals surface area contributed by atoms with Crippen molar-refractivity contribution in [1.82, 2.24) is 0 Å². The van der Waals surface area contributed by atoms with Crippen LogP contribution in [0, 0.1) is 0 Å². The zero-order valence-corrected chi connectivity index (χ0v) is 7.71. The molecule has 72 valence electrons. The molecule has 0 saturated carbocycles. The molecule has 0 aliphatic carbocycles. The fraction of sp³-hybridized carbons (Fsp3) is 0.875. The van der Waals surface area contributed by atoms with Crippen LogP contribution < -0.4 is 5.73 Å². The molecule has 0 aromatic carbocycles. The highest BCUT2D eigenvalue weighted by Gasteiger charge is 2.13. The molecule has 1 atom stereocenters. The highest BCUT2D eigenvalue weighted by Crippen LogP contribution is 1.93. The molecule has 2 N–H and O–H groups in total. The van der Waals surface area contributed by atoms with Gasteiger partial charge in [-0.25, -0.2) is 0 Å². The van der Waals surface area contributed by atoms with Gasteiger partial charge in [-0.05, 0) is 12.8 Å². The fourth-order valence-electron chi connectivity index (χ4n) is 0.672. The van der Waals surface area contributed by atoms with Gasteiger partial charge in [0, 0.05) is 13.7 Å². The zero-order valence-electron chi connectivity index (χ0n) is 7.71. The molecule has 4 nitrogen and oxygen atoms in total. The van der Waals surface area contributed by atoms with Crippen LogP contribution in [0.4, 0.5) is 0 Å². The van der Waals surface area contributed by atoms with E-state index in [1.165, 1.54) is 0 Å². The van der Waals surface area contributed by atoms with Gasteiger partial charge in [0.1, 0.15) is 6.04 Å². The summed E-state index contributed by atoms with van der Waals surface area (Å²) < 4.78 is 9.61. The van der Waals surface area contributed by atoms with Gasteiger partial charge in [-0.15, -0.1) is 0 Å². The Morgan fingerprint density at radius 3 is 2.67 bits per heavy atom. The molecule has 0 amide bonds. The molecule has 0 radical (unpaired) electrons. The lowest BCUT2D eigenvalue weighted by Crippen LogP contribution is -2.33. The molecule has 1 unspecified atom stereocenters.